The highest BCUT2D eigenvalue weighted by Crippen LogP contribution is 2.30. The van der Waals surface area contributed by atoms with Crippen molar-refractivity contribution < 1.29 is 14.5 Å². The van der Waals surface area contributed by atoms with E-state index >= 15 is 0 Å². The molecular formula is C22H16BrN3O5S. The first-order valence-electron chi connectivity index (χ1n) is 9.41. The summed E-state index contributed by atoms with van der Waals surface area (Å²) >= 11 is 4.32. The van der Waals surface area contributed by atoms with Crippen molar-refractivity contribution in [3.05, 3.63) is 105 Å². The number of carbonyl (C=O) groups is 1. The average molecular weight is 514 g/mol. The number of carbonyl (C=O) groups excluding carboxylic acids is 1. The number of rotatable bonds is 4. The minimum atomic E-state index is -0.693. The summed E-state index contributed by atoms with van der Waals surface area (Å²) in [5.74, 6) is -0.557. The van der Waals surface area contributed by atoms with Crippen LogP contribution in [0.5, 0.6) is 0 Å². The first kappa shape index (κ1) is 21.8. The molecule has 3 aromatic rings. The van der Waals surface area contributed by atoms with E-state index in [1.165, 1.54) is 17.7 Å². The molecule has 10 heteroatoms. The smallest absolute Gasteiger partial charge is 0.338 e. The lowest BCUT2D eigenvalue weighted by Crippen LogP contribution is -2.39. The highest BCUT2D eigenvalue weighted by atomic mass is 79.9. The number of thiazole rings is 1. The lowest BCUT2D eigenvalue weighted by molar-refractivity contribution is -0.385. The second kappa shape index (κ2) is 8.64. The Labute approximate surface area is 194 Å². The maximum Gasteiger partial charge on any atom is 0.338 e. The molecule has 0 radical (unpaired) electrons. The number of esters is 1. The molecule has 0 saturated carbocycles. The summed E-state index contributed by atoms with van der Waals surface area (Å²) in [6, 6.07) is 13.1. The lowest BCUT2D eigenvalue weighted by Gasteiger charge is -2.24. The molecule has 0 fully saturated rings. The SMILES string of the molecule is COC(=O)C1=C(C)N=c2sc(=Cc3ccc(Br)c([N+](=O)[O-])c3)c(=O)n2C1c1ccccc1. The van der Waals surface area contributed by atoms with Gasteiger partial charge in [-0.25, -0.2) is 9.79 Å². The van der Waals surface area contributed by atoms with Crippen molar-refractivity contribution in [3.63, 3.8) is 0 Å². The Hall–Kier alpha value is -3.37. The molecule has 8 nitrogen and oxygen atoms in total. The van der Waals surface area contributed by atoms with Gasteiger partial charge in [-0.05, 0) is 46.1 Å². The molecule has 1 atom stereocenters. The maximum atomic E-state index is 13.4. The molecule has 1 aromatic heterocycles. The third kappa shape index (κ3) is 3.82. The van der Waals surface area contributed by atoms with Crippen molar-refractivity contribution in [2.24, 2.45) is 4.99 Å². The van der Waals surface area contributed by atoms with Crippen molar-refractivity contribution in [2.45, 2.75) is 13.0 Å². The van der Waals surface area contributed by atoms with Gasteiger partial charge < -0.3 is 4.74 Å². The van der Waals surface area contributed by atoms with Gasteiger partial charge in [0.1, 0.15) is 0 Å². The fraction of sp³-hybridized carbons (Fsp3) is 0.136. The molecule has 1 aliphatic rings. The zero-order valence-corrected chi connectivity index (χ0v) is 19.3. The highest BCUT2D eigenvalue weighted by Gasteiger charge is 2.32. The number of ether oxygens (including phenoxy) is 1. The van der Waals surface area contributed by atoms with Gasteiger partial charge in [-0.3, -0.25) is 19.5 Å². The van der Waals surface area contributed by atoms with Gasteiger partial charge in [0.2, 0.25) is 0 Å². The third-order valence-electron chi connectivity index (χ3n) is 5.01. The van der Waals surface area contributed by atoms with E-state index in [4.69, 9.17) is 4.74 Å². The molecule has 0 N–H and O–H groups in total. The number of benzene rings is 2. The van der Waals surface area contributed by atoms with Crippen LogP contribution in [0.3, 0.4) is 0 Å². The molecule has 2 heterocycles. The largest absolute Gasteiger partial charge is 0.466 e. The molecule has 162 valence electrons. The number of methoxy groups -OCH3 is 1. The van der Waals surface area contributed by atoms with Gasteiger partial charge in [0.15, 0.2) is 4.80 Å². The van der Waals surface area contributed by atoms with Crippen LogP contribution in [0.25, 0.3) is 6.08 Å². The fourth-order valence-corrected chi connectivity index (χ4v) is 4.99. The predicted molar refractivity (Wildman–Crippen MR) is 123 cm³/mol. The Morgan fingerprint density at radius 2 is 2.00 bits per heavy atom. The minimum absolute atomic E-state index is 0.0995. The van der Waals surface area contributed by atoms with Crippen LogP contribution in [-0.4, -0.2) is 22.6 Å². The van der Waals surface area contributed by atoms with E-state index < -0.39 is 16.9 Å². The Morgan fingerprint density at radius 3 is 2.66 bits per heavy atom. The van der Waals surface area contributed by atoms with Gasteiger partial charge in [-0.15, -0.1) is 0 Å². The second-order valence-electron chi connectivity index (χ2n) is 6.95. The zero-order valence-electron chi connectivity index (χ0n) is 16.9. The molecule has 0 spiro atoms. The zero-order chi connectivity index (χ0) is 23.0. The summed E-state index contributed by atoms with van der Waals surface area (Å²) in [5.41, 5.74) is 1.56. The topological polar surface area (TPSA) is 104 Å². The fourth-order valence-electron chi connectivity index (χ4n) is 3.55. The Morgan fingerprint density at radius 1 is 1.28 bits per heavy atom. The van der Waals surface area contributed by atoms with Gasteiger partial charge in [0.05, 0.1) is 38.4 Å². The second-order valence-corrected chi connectivity index (χ2v) is 8.82. The van der Waals surface area contributed by atoms with Crippen LogP contribution < -0.4 is 14.9 Å². The van der Waals surface area contributed by atoms with Crippen LogP contribution >= 0.6 is 27.3 Å². The summed E-state index contributed by atoms with van der Waals surface area (Å²) in [7, 11) is 1.29. The first-order chi connectivity index (χ1) is 15.3. The van der Waals surface area contributed by atoms with E-state index in [0.29, 0.717) is 25.1 Å². The third-order valence-corrected chi connectivity index (χ3v) is 6.66. The molecule has 32 heavy (non-hydrogen) atoms. The van der Waals surface area contributed by atoms with E-state index in [0.717, 1.165) is 16.9 Å². The van der Waals surface area contributed by atoms with Crippen LogP contribution in [0.15, 0.2) is 74.1 Å². The summed E-state index contributed by atoms with van der Waals surface area (Å²) in [5, 5.41) is 11.3. The average Bonchev–Trinajstić information content (AvgIpc) is 3.08. The molecule has 2 aromatic carbocycles. The predicted octanol–water partition coefficient (Wildman–Crippen LogP) is 3.08. The lowest BCUT2D eigenvalue weighted by atomic mass is 9.96. The highest BCUT2D eigenvalue weighted by molar-refractivity contribution is 9.10. The van der Waals surface area contributed by atoms with Gasteiger partial charge in [-0.1, -0.05) is 47.7 Å². The van der Waals surface area contributed by atoms with E-state index in [1.54, 1.807) is 25.1 Å². The minimum Gasteiger partial charge on any atom is -0.466 e. The van der Waals surface area contributed by atoms with E-state index in [9.17, 15) is 19.7 Å². The summed E-state index contributed by atoms with van der Waals surface area (Å²) in [6.45, 7) is 1.71. The molecule has 0 saturated heterocycles. The number of fused-ring (bicyclic) bond motifs is 1. The quantitative estimate of drug-likeness (QED) is 0.303. The number of allylic oxidation sites excluding steroid dienone is 1. The maximum absolute atomic E-state index is 13.4. The number of nitro benzene ring substituents is 1. The van der Waals surface area contributed by atoms with Crippen LogP contribution in [-0.2, 0) is 9.53 Å². The molecule has 1 unspecified atom stereocenters. The number of nitrogens with zero attached hydrogens (tertiary/aromatic N) is 3. The van der Waals surface area contributed by atoms with E-state index in [-0.39, 0.29) is 16.8 Å². The van der Waals surface area contributed by atoms with Crippen molar-refractivity contribution in [3.8, 4) is 0 Å². The van der Waals surface area contributed by atoms with Gasteiger partial charge in [-0.2, -0.15) is 0 Å². The molecule has 4 rings (SSSR count). The molecule has 0 amide bonds. The Kier molecular flexibility index (Phi) is 5.90. The first-order valence-corrected chi connectivity index (χ1v) is 11.0. The van der Waals surface area contributed by atoms with Gasteiger partial charge >= 0.3 is 5.97 Å². The van der Waals surface area contributed by atoms with Crippen molar-refractivity contribution in [1.82, 2.24) is 4.57 Å². The van der Waals surface area contributed by atoms with Crippen molar-refractivity contribution in [2.75, 3.05) is 7.11 Å². The summed E-state index contributed by atoms with van der Waals surface area (Å²) in [4.78, 5) is 41.7. The summed E-state index contributed by atoms with van der Waals surface area (Å²) in [6.07, 6.45) is 1.59. The van der Waals surface area contributed by atoms with Crippen molar-refractivity contribution >= 4 is 45.0 Å². The molecular weight excluding hydrogens is 498 g/mol. The van der Waals surface area contributed by atoms with Gasteiger partial charge in [0, 0.05) is 6.07 Å². The number of hydrogen-bond donors (Lipinski definition) is 0. The van der Waals surface area contributed by atoms with Crippen LogP contribution in [0.4, 0.5) is 5.69 Å². The van der Waals surface area contributed by atoms with E-state index in [1.807, 2.05) is 30.3 Å². The number of nitro groups is 1. The van der Waals surface area contributed by atoms with Crippen LogP contribution in [0, 0.1) is 10.1 Å². The van der Waals surface area contributed by atoms with Crippen molar-refractivity contribution in [1.29, 1.82) is 0 Å². The Balaban J connectivity index is 1.95. The number of halogens is 1. The van der Waals surface area contributed by atoms with Gasteiger partial charge in [0.25, 0.3) is 11.2 Å². The number of aromatic nitrogens is 1. The molecule has 0 bridgehead atoms. The van der Waals surface area contributed by atoms with Crippen LogP contribution in [0.2, 0.25) is 0 Å². The monoisotopic (exact) mass is 513 g/mol. The standard InChI is InChI=1S/C22H16BrN3O5S/c1-12-18(21(28)31-2)19(14-6-4-3-5-7-14)25-20(27)17(32-22(25)24-12)11-13-8-9-15(23)16(10-13)26(29)30/h3-11,19H,1-2H3. The summed E-state index contributed by atoms with van der Waals surface area (Å²) < 4.78 is 7.14. The molecule has 1 aliphatic heterocycles. The molecule has 0 aliphatic carbocycles. The van der Waals surface area contributed by atoms with Crippen LogP contribution in [0.1, 0.15) is 24.1 Å². The number of hydrogen-bond acceptors (Lipinski definition) is 7. The Bertz CT molecular complexity index is 1460. The van der Waals surface area contributed by atoms with E-state index in [2.05, 4.69) is 20.9 Å². The normalized spacial score (nSPS) is 15.8.